The molecule has 7 heteroatoms. The summed E-state index contributed by atoms with van der Waals surface area (Å²) >= 11 is 0. The van der Waals surface area contributed by atoms with Crippen LogP contribution in [-0.2, 0) is 9.59 Å². The van der Waals surface area contributed by atoms with Crippen LogP contribution in [0.4, 0.5) is 0 Å². The van der Waals surface area contributed by atoms with Crippen LogP contribution in [0.3, 0.4) is 0 Å². The van der Waals surface area contributed by atoms with E-state index in [2.05, 4.69) is 20.5 Å². The lowest BCUT2D eigenvalue weighted by atomic mass is 9.72. The minimum atomic E-state index is -0.759. The van der Waals surface area contributed by atoms with Crippen LogP contribution in [0.25, 0.3) is 10.9 Å². The molecule has 128 valence electrons. The third kappa shape index (κ3) is 2.61. The first kappa shape index (κ1) is 15.6. The number of hydrogen-bond acceptors (Lipinski definition) is 5. The Kier molecular flexibility index (Phi) is 3.63. The minimum Gasteiger partial charge on any atom is -0.475 e. The maximum absolute atomic E-state index is 12.4. The molecule has 3 heterocycles. The molecule has 0 saturated carbocycles. The number of carbonyl (C=O) groups excluding carboxylic acids is 2. The van der Waals surface area contributed by atoms with E-state index in [1.54, 1.807) is 18.5 Å². The van der Waals surface area contributed by atoms with Crippen molar-refractivity contribution in [1.29, 1.82) is 0 Å². The number of nitrogens with one attached hydrogen (secondary N) is 2. The van der Waals surface area contributed by atoms with Crippen LogP contribution in [0, 0.1) is 5.41 Å². The van der Waals surface area contributed by atoms with Gasteiger partial charge in [0.1, 0.15) is 0 Å². The maximum Gasteiger partial charge on any atom is 0.254 e. The van der Waals surface area contributed by atoms with Gasteiger partial charge in [-0.3, -0.25) is 20.0 Å². The molecule has 1 aliphatic carbocycles. The number of fused-ring (bicyclic) bond motifs is 2. The van der Waals surface area contributed by atoms with Crippen LogP contribution in [0.15, 0.2) is 42.3 Å². The first-order chi connectivity index (χ1) is 12.1. The second-order valence-corrected chi connectivity index (χ2v) is 6.52. The largest absolute Gasteiger partial charge is 0.475 e. The predicted octanol–water partition coefficient (Wildman–Crippen LogP) is 2.03. The predicted molar refractivity (Wildman–Crippen MR) is 90.6 cm³/mol. The van der Waals surface area contributed by atoms with Crippen molar-refractivity contribution in [3.05, 3.63) is 42.3 Å². The van der Waals surface area contributed by atoms with E-state index in [1.807, 2.05) is 25.1 Å². The number of nitrogens with zero attached hydrogens (tertiary/aromatic N) is 2. The van der Waals surface area contributed by atoms with Crippen molar-refractivity contribution >= 4 is 22.7 Å². The first-order valence-electron chi connectivity index (χ1n) is 8.27. The Hall–Kier alpha value is -2.96. The van der Waals surface area contributed by atoms with Crippen LogP contribution >= 0.6 is 0 Å². The number of pyridine rings is 1. The number of ether oxygens (including phenoxy) is 1. The Morgan fingerprint density at radius 1 is 1.36 bits per heavy atom. The average Bonchev–Trinajstić information content (AvgIpc) is 3.16. The molecule has 1 unspecified atom stereocenters. The molecule has 1 saturated heterocycles. The van der Waals surface area contributed by atoms with E-state index in [0.29, 0.717) is 30.7 Å². The van der Waals surface area contributed by atoms with Crippen molar-refractivity contribution in [3.63, 3.8) is 0 Å². The Balaban J connectivity index is 1.45. The second kappa shape index (κ2) is 5.84. The molecule has 2 aromatic heterocycles. The zero-order valence-electron chi connectivity index (χ0n) is 13.8. The summed E-state index contributed by atoms with van der Waals surface area (Å²) in [6, 6.07) is 1.83. The Morgan fingerprint density at radius 2 is 2.24 bits per heavy atom. The Bertz CT molecular complexity index is 914. The molecule has 2 amide bonds. The maximum atomic E-state index is 12.4. The summed E-state index contributed by atoms with van der Waals surface area (Å²) in [4.78, 5) is 28.6. The molecule has 4 rings (SSSR count). The highest BCUT2D eigenvalue weighted by Gasteiger charge is 2.50. The van der Waals surface area contributed by atoms with Gasteiger partial charge in [0, 0.05) is 17.0 Å². The number of imide groups is 1. The van der Waals surface area contributed by atoms with Gasteiger partial charge in [0.2, 0.25) is 11.8 Å². The van der Waals surface area contributed by atoms with Gasteiger partial charge < -0.3 is 4.74 Å². The van der Waals surface area contributed by atoms with Gasteiger partial charge >= 0.3 is 0 Å². The van der Waals surface area contributed by atoms with Crippen molar-refractivity contribution in [1.82, 2.24) is 20.5 Å². The summed E-state index contributed by atoms with van der Waals surface area (Å²) in [5, 5.41) is 10.2. The molecule has 0 bridgehead atoms. The van der Waals surface area contributed by atoms with Crippen LogP contribution in [0.5, 0.6) is 5.88 Å². The van der Waals surface area contributed by atoms with Gasteiger partial charge in [-0.1, -0.05) is 18.2 Å². The molecule has 7 nitrogen and oxygen atoms in total. The number of amides is 2. The zero-order chi connectivity index (χ0) is 17.4. The van der Waals surface area contributed by atoms with E-state index in [0.717, 1.165) is 10.9 Å². The van der Waals surface area contributed by atoms with E-state index in [-0.39, 0.29) is 17.9 Å². The number of aromatic amines is 1. The van der Waals surface area contributed by atoms with Crippen molar-refractivity contribution in [2.45, 2.75) is 32.3 Å². The van der Waals surface area contributed by atoms with Gasteiger partial charge in [0.25, 0.3) is 5.91 Å². The van der Waals surface area contributed by atoms with Crippen LogP contribution < -0.4 is 10.1 Å². The molecule has 0 radical (unpaired) electrons. The number of carbonyl (C=O) groups is 2. The summed E-state index contributed by atoms with van der Waals surface area (Å²) in [6.07, 6.45) is 10.5. The van der Waals surface area contributed by atoms with Crippen LogP contribution in [0.2, 0.25) is 0 Å². The highest BCUT2D eigenvalue weighted by molar-refractivity contribution is 6.17. The van der Waals surface area contributed by atoms with E-state index >= 15 is 0 Å². The van der Waals surface area contributed by atoms with Gasteiger partial charge in [-0.15, -0.1) is 0 Å². The monoisotopic (exact) mass is 338 g/mol. The first-order valence-corrected chi connectivity index (χ1v) is 8.27. The number of H-pyrrole nitrogens is 1. The van der Waals surface area contributed by atoms with E-state index in [1.165, 1.54) is 0 Å². The minimum absolute atomic E-state index is 0.137. The van der Waals surface area contributed by atoms with Crippen molar-refractivity contribution in [3.8, 4) is 5.88 Å². The summed E-state index contributed by atoms with van der Waals surface area (Å²) < 4.78 is 5.88. The van der Waals surface area contributed by atoms with E-state index < -0.39 is 5.41 Å². The second-order valence-electron chi connectivity index (χ2n) is 6.52. The molecule has 1 fully saturated rings. The highest BCUT2D eigenvalue weighted by atomic mass is 16.5. The molecular weight excluding hydrogens is 320 g/mol. The molecule has 1 aliphatic heterocycles. The summed E-state index contributed by atoms with van der Waals surface area (Å²) in [5.41, 5.74) is 0.653. The fourth-order valence-corrected chi connectivity index (χ4v) is 3.45. The summed E-state index contributed by atoms with van der Waals surface area (Å²) in [7, 11) is 0. The Morgan fingerprint density at radius 3 is 3.12 bits per heavy atom. The zero-order valence-corrected chi connectivity index (χ0v) is 13.8. The summed E-state index contributed by atoms with van der Waals surface area (Å²) in [6.45, 7) is 1.94. The fraction of sp³-hybridized carbons (Fsp3) is 0.333. The number of allylic oxidation sites excluding steroid dienone is 3. The van der Waals surface area contributed by atoms with Gasteiger partial charge in [0.15, 0.2) is 0 Å². The van der Waals surface area contributed by atoms with Gasteiger partial charge in [-0.05, 0) is 26.2 Å². The quantitative estimate of drug-likeness (QED) is 0.813. The standard InChI is InChI=1S/C18H18N4O3/c1-11(25-15-8-12-9-20-22-14(12)10-19-15)5-7-18-6-3-2-4-13(18)16(23)21-17(18)24/h2-4,8-11H,5-7H2,1H3,(H,20,22)(H,21,23,24)/t11-,18?/m1/s1. The molecule has 2 atom stereocenters. The van der Waals surface area contributed by atoms with E-state index in [9.17, 15) is 9.59 Å². The van der Waals surface area contributed by atoms with Gasteiger partial charge in [-0.2, -0.15) is 5.10 Å². The summed E-state index contributed by atoms with van der Waals surface area (Å²) in [5.74, 6) is 0.0263. The molecular formula is C18H18N4O3. The smallest absolute Gasteiger partial charge is 0.254 e. The van der Waals surface area contributed by atoms with Crippen molar-refractivity contribution in [2.24, 2.45) is 5.41 Å². The van der Waals surface area contributed by atoms with Crippen LogP contribution in [0.1, 0.15) is 26.2 Å². The topological polar surface area (TPSA) is 97.0 Å². The lowest BCUT2D eigenvalue weighted by Gasteiger charge is -2.28. The number of rotatable bonds is 5. The number of hydrogen-bond donors (Lipinski definition) is 2. The van der Waals surface area contributed by atoms with E-state index in [4.69, 9.17) is 4.74 Å². The average molecular weight is 338 g/mol. The van der Waals surface area contributed by atoms with Crippen LogP contribution in [-0.4, -0.2) is 33.1 Å². The van der Waals surface area contributed by atoms with Gasteiger partial charge in [0.05, 0.1) is 29.4 Å². The molecule has 2 aromatic rings. The third-order valence-electron chi connectivity index (χ3n) is 4.89. The molecule has 0 spiro atoms. The molecule has 0 aromatic carbocycles. The fourth-order valence-electron chi connectivity index (χ4n) is 3.45. The lowest BCUT2D eigenvalue weighted by Crippen LogP contribution is -2.33. The van der Waals surface area contributed by atoms with Gasteiger partial charge in [-0.25, -0.2) is 4.98 Å². The third-order valence-corrected chi connectivity index (χ3v) is 4.89. The van der Waals surface area contributed by atoms with Crippen molar-refractivity contribution < 1.29 is 14.3 Å². The van der Waals surface area contributed by atoms with Crippen molar-refractivity contribution in [2.75, 3.05) is 0 Å². The molecule has 2 aliphatic rings. The normalized spacial score (nSPS) is 23.3. The lowest BCUT2D eigenvalue weighted by molar-refractivity contribution is -0.128. The Labute approximate surface area is 144 Å². The SMILES string of the molecule is C[C@H](CCC12CC=CC=C1C(=O)NC2=O)Oc1cc2cn[nH]c2cn1. The molecule has 25 heavy (non-hydrogen) atoms. The molecule has 2 N–H and O–H groups in total. The number of aromatic nitrogens is 3. The highest BCUT2D eigenvalue weighted by Crippen LogP contribution is 2.43.